The number of aldehydes is 1. The van der Waals surface area contributed by atoms with E-state index in [2.05, 4.69) is 4.98 Å². The smallest absolute Gasteiger partial charge is 0.288 e. The van der Waals surface area contributed by atoms with E-state index >= 15 is 0 Å². The average molecular weight is 206 g/mol. The lowest BCUT2D eigenvalue weighted by atomic mass is 10.2. The van der Waals surface area contributed by atoms with E-state index in [-0.39, 0.29) is 10.6 Å². The monoisotopic (exact) mass is 205 g/mol. The van der Waals surface area contributed by atoms with Crippen molar-refractivity contribution in [2.45, 2.75) is 12.8 Å². The quantitative estimate of drug-likeness (QED) is 0.695. The number of aromatic nitrogens is 1. The van der Waals surface area contributed by atoms with Gasteiger partial charge in [-0.05, 0) is 6.07 Å². The van der Waals surface area contributed by atoms with Gasteiger partial charge in [-0.1, -0.05) is 11.6 Å². The maximum absolute atomic E-state index is 12.7. The molecule has 0 radical (unpaired) electrons. The van der Waals surface area contributed by atoms with Crippen LogP contribution in [0.3, 0.4) is 0 Å². The van der Waals surface area contributed by atoms with Crippen LogP contribution >= 0.6 is 11.6 Å². The largest absolute Gasteiger partial charge is 0.298 e. The summed E-state index contributed by atoms with van der Waals surface area (Å²) in [6, 6.07) is 1.16. The van der Waals surface area contributed by atoms with Crippen LogP contribution in [0.1, 0.15) is 23.0 Å². The van der Waals surface area contributed by atoms with Crippen molar-refractivity contribution in [3.05, 3.63) is 28.5 Å². The Morgan fingerprint density at radius 2 is 2.23 bits per heavy atom. The van der Waals surface area contributed by atoms with Crippen molar-refractivity contribution >= 4 is 17.9 Å². The molecule has 13 heavy (non-hydrogen) atoms. The van der Waals surface area contributed by atoms with Gasteiger partial charge in [-0.3, -0.25) is 9.78 Å². The third-order valence-corrected chi connectivity index (χ3v) is 1.70. The number of hydrogen-bond donors (Lipinski definition) is 0. The van der Waals surface area contributed by atoms with Gasteiger partial charge in [0.25, 0.3) is 5.92 Å². The zero-order valence-electron chi connectivity index (χ0n) is 6.72. The van der Waals surface area contributed by atoms with Crippen molar-refractivity contribution in [2.75, 3.05) is 0 Å². The standard InChI is InChI=1S/C8H6ClF2NO/c1-8(10,11)7-6(9)2-5(4-13)3-12-7/h2-4H,1H3. The fourth-order valence-corrected chi connectivity index (χ4v) is 1.18. The van der Waals surface area contributed by atoms with Gasteiger partial charge in [0.05, 0.1) is 5.02 Å². The molecule has 2 nitrogen and oxygen atoms in total. The van der Waals surface area contributed by atoms with Crippen LogP contribution in [0.15, 0.2) is 12.3 Å². The molecule has 1 aromatic heterocycles. The number of nitrogens with zero attached hydrogens (tertiary/aromatic N) is 1. The zero-order chi connectivity index (χ0) is 10.1. The molecule has 0 aromatic carbocycles. The molecule has 1 rings (SSSR count). The van der Waals surface area contributed by atoms with Gasteiger partial charge in [-0.2, -0.15) is 8.78 Å². The van der Waals surface area contributed by atoms with Gasteiger partial charge in [-0.25, -0.2) is 0 Å². The average Bonchev–Trinajstić information content (AvgIpc) is 2.01. The second-order valence-electron chi connectivity index (χ2n) is 2.61. The van der Waals surface area contributed by atoms with Crippen molar-refractivity contribution in [2.24, 2.45) is 0 Å². The number of alkyl halides is 2. The molecule has 0 atom stereocenters. The van der Waals surface area contributed by atoms with Crippen molar-refractivity contribution in [3.63, 3.8) is 0 Å². The van der Waals surface area contributed by atoms with Gasteiger partial charge in [0, 0.05) is 18.7 Å². The fraction of sp³-hybridized carbons (Fsp3) is 0.250. The summed E-state index contributed by atoms with van der Waals surface area (Å²) < 4.78 is 25.4. The normalized spacial score (nSPS) is 11.4. The minimum atomic E-state index is -3.08. The molecule has 5 heteroatoms. The number of hydrogen-bond acceptors (Lipinski definition) is 2. The Morgan fingerprint density at radius 3 is 2.62 bits per heavy atom. The second kappa shape index (κ2) is 3.38. The Balaban J connectivity index is 3.20. The molecule has 1 heterocycles. The predicted octanol–water partition coefficient (Wildman–Crippen LogP) is 2.66. The first-order valence-corrected chi connectivity index (χ1v) is 3.82. The van der Waals surface area contributed by atoms with E-state index in [1.165, 1.54) is 0 Å². The highest BCUT2D eigenvalue weighted by atomic mass is 35.5. The number of pyridine rings is 1. The molecular formula is C8H6ClF2NO. The van der Waals surface area contributed by atoms with Crippen LogP contribution in [0, 0.1) is 0 Å². The predicted molar refractivity (Wildman–Crippen MR) is 44.2 cm³/mol. The summed E-state index contributed by atoms with van der Waals surface area (Å²) >= 11 is 5.49. The lowest BCUT2D eigenvalue weighted by molar-refractivity contribution is 0.0128. The molecule has 0 amide bonds. The maximum atomic E-state index is 12.7. The lowest BCUT2D eigenvalue weighted by Crippen LogP contribution is -2.10. The molecule has 0 saturated carbocycles. The van der Waals surface area contributed by atoms with Crippen LogP contribution < -0.4 is 0 Å². The van der Waals surface area contributed by atoms with Gasteiger partial charge < -0.3 is 0 Å². The van der Waals surface area contributed by atoms with Gasteiger partial charge >= 0.3 is 0 Å². The number of rotatable bonds is 2. The molecule has 0 fully saturated rings. The van der Waals surface area contributed by atoms with E-state index in [1.54, 1.807) is 0 Å². The number of carbonyl (C=O) groups is 1. The fourth-order valence-electron chi connectivity index (χ4n) is 0.840. The van der Waals surface area contributed by atoms with Gasteiger partial charge in [0.2, 0.25) is 0 Å². The Hall–Kier alpha value is -1.03. The van der Waals surface area contributed by atoms with Crippen LogP contribution in [0.4, 0.5) is 8.78 Å². The Labute approximate surface area is 78.5 Å². The first-order valence-electron chi connectivity index (χ1n) is 3.44. The lowest BCUT2D eigenvalue weighted by Gasteiger charge is -2.10. The van der Waals surface area contributed by atoms with Gasteiger partial charge in [0.15, 0.2) is 6.29 Å². The summed E-state index contributed by atoms with van der Waals surface area (Å²) in [6.45, 7) is 0.696. The SMILES string of the molecule is CC(F)(F)c1ncc(C=O)cc1Cl. The molecule has 0 saturated heterocycles. The minimum absolute atomic E-state index is 0.179. The minimum Gasteiger partial charge on any atom is -0.298 e. The van der Waals surface area contributed by atoms with E-state index in [1.807, 2.05) is 0 Å². The van der Waals surface area contributed by atoms with Crippen molar-refractivity contribution < 1.29 is 13.6 Å². The first-order chi connectivity index (χ1) is 5.95. The topological polar surface area (TPSA) is 30.0 Å². The third kappa shape index (κ3) is 2.21. The second-order valence-corrected chi connectivity index (χ2v) is 3.01. The van der Waals surface area contributed by atoms with E-state index in [0.29, 0.717) is 13.2 Å². The summed E-state index contributed by atoms with van der Waals surface area (Å²) in [4.78, 5) is 13.6. The molecule has 1 aromatic rings. The first kappa shape index (κ1) is 10.1. The molecule has 70 valence electrons. The molecule has 0 aliphatic rings. The molecule has 0 N–H and O–H groups in total. The number of carbonyl (C=O) groups excluding carboxylic acids is 1. The summed E-state index contributed by atoms with van der Waals surface area (Å²) in [5.41, 5.74) is -0.335. The van der Waals surface area contributed by atoms with E-state index in [0.717, 1.165) is 12.3 Å². The van der Waals surface area contributed by atoms with E-state index in [4.69, 9.17) is 11.6 Å². The third-order valence-electron chi connectivity index (χ3n) is 1.41. The molecule has 0 spiro atoms. The van der Waals surface area contributed by atoms with E-state index < -0.39 is 11.6 Å². The Bertz CT molecular complexity index is 335. The molecule has 0 aliphatic heterocycles. The summed E-state index contributed by atoms with van der Waals surface area (Å²) in [5, 5.41) is -0.197. The Kier molecular flexibility index (Phi) is 2.61. The summed E-state index contributed by atoms with van der Waals surface area (Å²) in [6.07, 6.45) is 1.56. The van der Waals surface area contributed by atoms with Crippen molar-refractivity contribution in [1.82, 2.24) is 4.98 Å². The highest BCUT2D eigenvalue weighted by Crippen LogP contribution is 2.30. The molecular weight excluding hydrogens is 200 g/mol. The maximum Gasteiger partial charge on any atom is 0.288 e. The molecule has 0 unspecified atom stereocenters. The van der Waals surface area contributed by atoms with Crippen LogP contribution in [0.5, 0.6) is 0 Å². The van der Waals surface area contributed by atoms with Crippen LogP contribution in [-0.2, 0) is 5.92 Å². The van der Waals surface area contributed by atoms with Crippen LogP contribution in [0.2, 0.25) is 5.02 Å². The van der Waals surface area contributed by atoms with Crippen LogP contribution in [0.25, 0.3) is 0 Å². The van der Waals surface area contributed by atoms with Gasteiger partial charge in [-0.15, -0.1) is 0 Å². The van der Waals surface area contributed by atoms with Crippen molar-refractivity contribution in [1.29, 1.82) is 0 Å². The van der Waals surface area contributed by atoms with Gasteiger partial charge in [0.1, 0.15) is 5.69 Å². The number of halogens is 3. The zero-order valence-corrected chi connectivity index (χ0v) is 7.48. The summed E-state index contributed by atoms with van der Waals surface area (Å²) in [5.74, 6) is -3.08. The van der Waals surface area contributed by atoms with Crippen molar-refractivity contribution in [3.8, 4) is 0 Å². The highest BCUT2D eigenvalue weighted by Gasteiger charge is 2.28. The van der Waals surface area contributed by atoms with E-state index in [9.17, 15) is 13.6 Å². The molecule has 0 bridgehead atoms. The molecule has 0 aliphatic carbocycles. The summed E-state index contributed by atoms with van der Waals surface area (Å²) in [7, 11) is 0. The Morgan fingerprint density at radius 1 is 1.62 bits per heavy atom. The van der Waals surface area contributed by atoms with Crippen LogP contribution in [-0.4, -0.2) is 11.3 Å². The highest BCUT2D eigenvalue weighted by molar-refractivity contribution is 6.31.